The Morgan fingerprint density at radius 1 is 1.19 bits per heavy atom. The number of rotatable bonds is 4. The number of likely N-dealkylation sites (tertiary alicyclic amines) is 1. The first-order valence-corrected chi connectivity index (χ1v) is 9.26. The van der Waals surface area contributed by atoms with Crippen LogP contribution in [0.25, 0.3) is 5.78 Å². The van der Waals surface area contributed by atoms with Crippen molar-refractivity contribution in [2.45, 2.75) is 32.2 Å². The van der Waals surface area contributed by atoms with Crippen molar-refractivity contribution in [3.63, 3.8) is 0 Å². The highest BCUT2D eigenvalue weighted by molar-refractivity contribution is 5.46. The van der Waals surface area contributed by atoms with E-state index in [1.165, 1.54) is 29.8 Å². The van der Waals surface area contributed by atoms with Crippen LogP contribution in [0.4, 0.5) is 5.69 Å². The van der Waals surface area contributed by atoms with Crippen molar-refractivity contribution in [3.8, 4) is 0 Å². The minimum atomic E-state index is 0.468. The van der Waals surface area contributed by atoms with Crippen molar-refractivity contribution < 1.29 is 0 Å². The molecule has 6 heteroatoms. The highest BCUT2D eigenvalue weighted by Crippen LogP contribution is 2.28. The van der Waals surface area contributed by atoms with Crippen LogP contribution in [0.3, 0.4) is 0 Å². The SMILES string of the molecule is Cc1cc(C2CCCN(Cc3ccc(N(C)C)cc3)C2)n2ncnc2n1. The Bertz CT molecular complexity index is 883. The Balaban J connectivity index is 1.51. The van der Waals surface area contributed by atoms with Gasteiger partial charge in [-0.15, -0.1) is 0 Å². The fourth-order valence-electron chi connectivity index (χ4n) is 3.85. The molecule has 6 nitrogen and oxygen atoms in total. The number of aromatic nitrogens is 4. The third-order valence-electron chi connectivity index (χ3n) is 5.19. The van der Waals surface area contributed by atoms with E-state index in [1.54, 1.807) is 6.33 Å². The standard InChI is InChI=1S/C20H26N6/c1-15-11-19(26-20(23-15)21-14-22-26)17-5-4-10-25(13-17)12-16-6-8-18(9-7-16)24(2)3/h6-9,11,14,17H,4-5,10,12-13H2,1-3H3. The van der Waals surface area contributed by atoms with Gasteiger partial charge in [-0.2, -0.15) is 10.1 Å². The van der Waals surface area contributed by atoms with Crippen molar-refractivity contribution in [1.29, 1.82) is 0 Å². The first-order valence-electron chi connectivity index (χ1n) is 9.26. The summed E-state index contributed by atoms with van der Waals surface area (Å²) in [7, 11) is 4.15. The fraction of sp³-hybridized carbons (Fsp3) is 0.450. The number of nitrogens with zero attached hydrogens (tertiary/aromatic N) is 6. The number of hydrogen-bond donors (Lipinski definition) is 0. The molecule has 0 aliphatic carbocycles. The number of fused-ring (bicyclic) bond motifs is 1. The molecule has 0 N–H and O–H groups in total. The van der Waals surface area contributed by atoms with Gasteiger partial charge in [-0.05, 0) is 50.1 Å². The lowest BCUT2D eigenvalue weighted by molar-refractivity contribution is 0.197. The average Bonchev–Trinajstić information content (AvgIpc) is 3.10. The topological polar surface area (TPSA) is 49.6 Å². The lowest BCUT2D eigenvalue weighted by Gasteiger charge is -2.33. The molecule has 26 heavy (non-hydrogen) atoms. The van der Waals surface area contributed by atoms with Gasteiger partial charge in [0.2, 0.25) is 0 Å². The maximum Gasteiger partial charge on any atom is 0.252 e. The van der Waals surface area contributed by atoms with Gasteiger partial charge in [0.15, 0.2) is 0 Å². The first kappa shape index (κ1) is 17.0. The van der Waals surface area contributed by atoms with Gasteiger partial charge < -0.3 is 4.90 Å². The van der Waals surface area contributed by atoms with E-state index < -0.39 is 0 Å². The van der Waals surface area contributed by atoms with Crippen molar-refractivity contribution in [3.05, 3.63) is 53.6 Å². The monoisotopic (exact) mass is 350 g/mol. The third kappa shape index (κ3) is 3.42. The summed E-state index contributed by atoms with van der Waals surface area (Å²) < 4.78 is 1.91. The molecule has 136 valence electrons. The van der Waals surface area contributed by atoms with Crippen LogP contribution in [-0.4, -0.2) is 51.7 Å². The van der Waals surface area contributed by atoms with Crippen molar-refractivity contribution in [1.82, 2.24) is 24.5 Å². The van der Waals surface area contributed by atoms with E-state index in [1.807, 2.05) is 11.4 Å². The normalized spacial score (nSPS) is 18.3. The Hall–Kier alpha value is -2.47. The second-order valence-electron chi connectivity index (χ2n) is 7.43. The number of benzene rings is 1. The summed E-state index contributed by atoms with van der Waals surface area (Å²) in [5.74, 6) is 1.17. The zero-order chi connectivity index (χ0) is 18.1. The predicted octanol–water partition coefficient (Wildman–Crippen LogP) is 2.88. The van der Waals surface area contributed by atoms with Gasteiger partial charge in [0.1, 0.15) is 6.33 Å². The molecule has 3 aromatic rings. The predicted molar refractivity (Wildman–Crippen MR) is 104 cm³/mol. The molecule has 4 rings (SSSR count). The molecule has 1 aliphatic rings. The van der Waals surface area contributed by atoms with Crippen molar-refractivity contribution >= 4 is 11.5 Å². The highest BCUT2D eigenvalue weighted by atomic mass is 15.3. The lowest BCUT2D eigenvalue weighted by Crippen LogP contribution is -2.34. The van der Waals surface area contributed by atoms with Gasteiger partial charge in [0.05, 0.1) is 5.69 Å². The Kier molecular flexibility index (Phi) is 4.59. The third-order valence-corrected chi connectivity index (χ3v) is 5.19. The molecule has 1 atom stereocenters. The van der Waals surface area contributed by atoms with E-state index >= 15 is 0 Å². The van der Waals surface area contributed by atoms with Gasteiger partial charge in [-0.3, -0.25) is 4.90 Å². The molecular formula is C20H26N6. The zero-order valence-corrected chi connectivity index (χ0v) is 15.8. The molecule has 0 saturated carbocycles. The van der Waals surface area contributed by atoms with E-state index in [2.05, 4.69) is 69.3 Å². The summed E-state index contributed by atoms with van der Waals surface area (Å²) in [4.78, 5) is 13.4. The number of aryl methyl sites for hydroxylation is 1. The Morgan fingerprint density at radius 3 is 2.77 bits per heavy atom. The number of hydrogen-bond acceptors (Lipinski definition) is 5. The van der Waals surface area contributed by atoms with Crippen LogP contribution in [0.5, 0.6) is 0 Å². The summed E-state index contributed by atoms with van der Waals surface area (Å²) in [5, 5.41) is 4.39. The molecule has 1 aliphatic heterocycles. The molecule has 0 spiro atoms. The summed E-state index contributed by atoms with van der Waals surface area (Å²) >= 11 is 0. The maximum atomic E-state index is 4.47. The van der Waals surface area contributed by atoms with Crippen molar-refractivity contribution in [2.24, 2.45) is 0 Å². The van der Waals surface area contributed by atoms with Gasteiger partial charge in [0, 0.05) is 44.5 Å². The molecule has 0 radical (unpaired) electrons. The van der Waals surface area contributed by atoms with Gasteiger partial charge in [-0.1, -0.05) is 12.1 Å². The van der Waals surface area contributed by atoms with Crippen LogP contribution in [0, 0.1) is 6.92 Å². The largest absolute Gasteiger partial charge is 0.378 e. The zero-order valence-electron chi connectivity index (χ0n) is 15.8. The van der Waals surface area contributed by atoms with E-state index in [9.17, 15) is 0 Å². The molecule has 1 unspecified atom stereocenters. The lowest BCUT2D eigenvalue weighted by atomic mass is 9.93. The van der Waals surface area contributed by atoms with Crippen LogP contribution >= 0.6 is 0 Å². The van der Waals surface area contributed by atoms with E-state index in [0.29, 0.717) is 11.7 Å². The summed E-state index contributed by atoms with van der Waals surface area (Å²) in [5.41, 5.74) is 4.86. The van der Waals surface area contributed by atoms with Crippen LogP contribution in [0.2, 0.25) is 0 Å². The molecule has 1 aromatic carbocycles. The molecule has 3 heterocycles. The van der Waals surface area contributed by atoms with Gasteiger partial charge >= 0.3 is 0 Å². The second kappa shape index (κ2) is 7.03. The summed E-state index contributed by atoms with van der Waals surface area (Å²) in [6, 6.07) is 11.0. The van der Waals surface area contributed by atoms with Gasteiger partial charge in [-0.25, -0.2) is 9.50 Å². The fourth-order valence-corrected chi connectivity index (χ4v) is 3.85. The van der Waals surface area contributed by atoms with Crippen LogP contribution in [-0.2, 0) is 6.54 Å². The van der Waals surface area contributed by atoms with Crippen LogP contribution in [0.1, 0.15) is 35.7 Å². The second-order valence-corrected chi connectivity index (χ2v) is 7.43. The molecule has 1 saturated heterocycles. The maximum absolute atomic E-state index is 4.47. The van der Waals surface area contributed by atoms with Crippen LogP contribution < -0.4 is 4.90 Å². The number of anilines is 1. The molecule has 0 amide bonds. The van der Waals surface area contributed by atoms with Gasteiger partial charge in [0.25, 0.3) is 5.78 Å². The molecule has 2 aromatic heterocycles. The van der Waals surface area contributed by atoms with E-state index in [0.717, 1.165) is 25.3 Å². The average molecular weight is 350 g/mol. The van der Waals surface area contributed by atoms with E-state index in [4.69, 9.17) is 0 Å². The number of piperidine rings is 1. The van der Waals surface area contributed by atoms with E-state index in [-0.39, 0.29) is 0 Å². The van der Waals surface area contributed by atoms with Crippen LogP contribution in [0.15, 0.2) is 36.7 Å². The quantitative estimate of drug-likeness (QED) is 0.724. The Labute approximate surface area is 154 Å². The summed E-state index contributed by atoms with van der Waals surface area (Å²) in [6.45, 7) is 5.23. The minimum Gasteiger partial charge on any atom is -0.378 e. The summed E-state index contributed by atoms with van der Waals surface area (Å²) in [6.07, 6.45) is 3.99. The first-order chi connectivity index (χ1) is 12.6. The van der Waals surface area contributed by atoms with Crippen molar-refractivity contribution in [2.75, 3.05) is 32.1 Å². The highest BCUT2D eigenvalue weighted by Gasteiger charge is 2.24. The molecule has 0 bridgehead atoms. The smallest absolute Gasteiger partial charge is 0.252 e. The molecule has 1 fully saturated rings. The molecular weight excluding hydrogens is 324 g/mol. The minimum absolute atomic E-state index is 0.468. The Morgan fingerprint density at radius 2 is 2.00 bits per heavy atom.